The van der Waals surface area contributed by atoms with Crippen molar-refractivity contribution in [1.29, 1.82) is 5.26 Å². The molecule has 2 aromatic rings. The molecule has 2 rings (SSSR count). The van der Waals surface area contributed by atoms with Gasteiger partial charge in [-0.15, -0.1) is 15.3 Å². The number of nitro groups is 2. The monoisotopic (exact) mass is 339 g/mol. The number of rotatable bonds is 5. The molecule has 0 heterocycles. The summed E-state index contributed by atoms with van der Waals surface area (Å²) in [5, 5.41) is 41.1. The number of hydrogen-bond donors (Lipinski definition) is 1. The van der Waals surface area contributed by atoms with E-state index in [-0.39, 0.29) is 17.2 Å². The molecule has 124 valence electrons. The third kappa shape index (κ3) is 4.89. The van der Waals surface area contributed by atoms with Crippen molar-refractivity contribution in [2.75, 3.05) is 5.43 Å². The molecule has 11 heteroatoms. The van der Waals surface area contributed by atoms with Crippen molar-refractivity contribution >= 4 is 28.6 Å². The van der Waals surface area contributed by atoms with Crippen LogP contribution in [0.3, 0.4) is 0 Å². The highest BCUT2D eigenvalue weighted by molar-refractivity contribution is 5.97. The van der Waals surface area contributed by atoms with Crippen molar-refractivity contribution in [2.24, 2.45) is 15.3 Å². The van der Waals surface area contributed by atoms with Gasteiger partial charge in [0.1, 0.15) is 6.07 Å². The maximum absolute atomic E-state index is 10.6. The molecule has 0 saturated heterocycles. The Morgan fingerprint density at radius 3 is 1.96 bits per heavy atom. The summed E-state index contributed by atoms with van der Waals surface area (Å²) in [4.78, 5) is 20.0. The number of benzene rings is 2. The van der Waals surface area contributed by atoms with Crippen LogP contribution < -0.4 is 5.43 Å². The Kier molecular flexibility index (Phi) is 5.41. The van der Waals surface area contributed by atoms with Crippen LogP contribution in [0.15, 0.2) is 63.9 Å². The molecule has 2 aromatic carbocycles. The van der Waals surface area contributed by atoms with Crippen molar-refractivity contribution in [3.63, 3.8) is 0 Å². The second kappa shape index (κ2) is 7.88. The Balaban J connectivity index is 2.05. The SMILES string of the molecule is N#C/C(N=Nc1ccc([N+](=O)[O-])cc1)=N/Nc1ccc([N+](=O)[O-])cc1. The largest absolute Gasteiger partial charge is 0.276 e. The van der Waals surface area contributed by atoms with Crippen LogP contribution in [-0.2, 0) is 0 Å². The van der Waals surface area contributed by atoms with Crippen LogP contribution in [0, 0.1) is 31.6 Å². The third-order valence-electron chi connectivity index (χ3n) is 2.79. The highest BCUT2D eigenvalue weighted by Gasteiger charge is 2.05. The smallest absolute Gasteiger partial charge is 0.270 e. The minimum absolute atomic E-state index is 0.0760. The minimum atomic E-state index is -0.544. The zero-order valence-electron chi connectivity index (χ0n) is 12.4. The maximum Gasteiger partial charge on any atom is 0.270 e. The molecular weight excluding hydrogens is 330 g/mol. The molecule has 25 heavy (non-hydrogen) atoms. The van der Waals surface area contributed by atoms with E-state index in [1.807, 2.05) is 0 Å². The Morgan fingerprint density at radius 1 is 0.960 bits per heavy atom. The van der Waals surface area contributed by atoms with Gasteiger partial charge in [-0.1, -0.05) is 0 Å². The van der Waals surface area contributed by atoms with E-state index < -0.39 is 9.85 Å². The lowest BCUT2D eigenvalue weighted by atomic mass is 10.3. The van der Waals surface area contributed by atoms with Crippen molar-refractivity contribution in [3.05, 3.63) is 68.8 Å². The second-order valence-electron chi connectivity index (χ2n) is 4.44. The Bertz CT molecular complexity index is 883. The number of nitrogens with one attached hydrogen (secondary N) is 1. The zero-order valence-corrected chi connectivity index (χ0v) is 12.4. The second-order valence-corrected chi connectivity index (χ2v) is 4.44. The number of nitrogens with zero attached hydrogens (tertiary/aromatic N) is 6. The molecule has 0 unspecified atom stereocenters. The lowest BCUT2D eigenvalue weighted by Crippen LogP contribution is -1.96. The van der Waals surface area contributed by atoms with Crippen molar-refractivity contribution in [1.82, 2.24) is 0 Å². The summed E-state index contributed by atoms with van der Waals surface area (Å²) in [7, 11) is 0. The molecule has 0 aliphatic rings. The summed E-state index contributed by atoms with van der Waals surface area (Å²) in [6, 6.07) is 12.4. The van der Waals surface area contributed by atoms with Gasteiger partial charge in [-0.05, 0) is 24.3 Å². The van der Waals surface area contributed by atoms with E-state index in [0.717, 1.165) is 0 Å². The number of hydrogen-bond acceptors (Lipinski definition) is 8. The van der Waals surface area contributed by atoms with Crippen LogP contribution >= 0.6 is 0 Å². The van der Waals surface area contributed by atoms with Gasteiger partial charge in [-0.25, -0.2) is 0 Å². The molecule has 0 saturated carbocycles. The molecule has 11 nitrogen and oxygen atoms in total. The van der Waals surface area contributed by atoms with Crippen LogP contribution in [0.1, 0.15) is 0 Å². The van der Waals surface area contributed by atoms with Crippen LogP contribution in [0.5, 0.6) is 0 Å². The number of non-ortho nitro benzene ring substituents is 2. The average molecular weight is 339 g/mol. The van der Waals surface area contributed by atoms with Gasteiger partial charge in [0.25, 0.3) is 17.2 Å². The first-order chi connectivity index (χ1) is 12.0. The first kappa shape index (κ1) is 17.2. The number of nitro benzene ring substituents is 2. The summed E-state index contributed by atoms with van der Waals surface area (Å²) in [5.74, 6) is -0.295. The number of anilines is 1. The Morgan fingerprint density at radius 2 is 1.48 bits per heavy atom. The molecule has 0 bridgehead atoms. The fraction of sp³-hybridized carbons (Fsp3) is 0. The summed E-state index contributed by atoms with van der Waals surface area (Å²) in [6.45, 7) is 0. The molecule has 0 aliphatic heterocycles. The summed E-state index contributed by atoms with van der Waals surface area (Å²) < 4.78 is 0. The molecule has 0 aliphatic carbocycles. The van der Waals surface area contributed by atoms with Gasteiger partial charge in [0, 0.05) is 24.3 Å². The molecule has 0 amide bonds. The summed E-state index contributed by atoms with van der Waals surface area (Å²) >= 11 is 0. The van der Waals surface area contributed by atoms with Gasteiger partial charge < -0.3 is 0 Å². The molecule has 0 atom stereocenters. The first-order valence-electron chi connectivity index (χ1n) is 6.64. The molecule has 0 radical (unpaired) electrons. The molecule has 1 N–H and O–H groups in total. The topological polar surface area (TPSA) is 159 Å². The van der Waals surface area contributed by atoms with Crippen molar-refractivity contribution in [3.8, 4) is 6.07 Å². The van der Waals surface area contributed by atoms with Gasteiger partial charge in [0.2, 0.25) is 0 Å². The fourth-order valence-electron chi connectivity index (χ4n) is 1.59. The third-order valence-corrected chi connectivity index (χ3v) is 2.79. The van der Waals surface area contributed by atoms with Gasteiger partial charge in [-0.3, -0.25) is 25.7 Å². The standard InChI is InChI=1S/C14H9N7O4/c15-9-14(18-16-10-1-5-12(6-2-10)20(22)23)19-17-11-3-7-13(8-4-11)21(24)25/h1-8,16H/b18-14-,19-17?. The van der Waals surface area contributed by atoms with E-state index in [1.54, 1.807) is 6.07 Å². The van der Waals surface area contributed by atoms with E-state index in [1.165, 1.54) is 48.5 Å². The highest BCUT2D eigenvalue weighted by atomic mass is 16.6. The average Bonchev–Trinajstić information content (AvgIpc) is 2.62. The van der Waals surface area contributed by atoms with E-state index in [2.05, 4.69) is 20.8 Å². The summed E-state index contributed by atoms with van der Waals surface area (Å²) in [6.07, 6.45) is 0. The van der Waals surface area contributed by atoms with Gasteiger partial charge in [0.15, 0.2) is 0 Å². The quantitative estimate of drug-likeness (QED) is 0.288. The van der Waals surface area contributed by atoms with E-state index in [0.29, 0.717) is 11.4 Å². The lowest BCUT2D eigenvalue weighted by Gasteiger charge is -1.99. The van der Waals surface area contributed by atoms with Crippen LogP contribution in [0.25, 0.3) is 0 Å². The molecular formula is C14H9N7O4. The number of amidine groups is 1. The number of hydrazone groups is 1. The highest BCUT2D eigenvalue weighted by Crippen LogP contribution is 2.18. The van der Waals surface area contributed by atoms with Crippen molar-refractivity contribution < 1.29 is 9.85 Å². The van der Waals surface area contributed by atoms with Crippen LogP contribution in [0.4, 0.5) is 22.7 Å². The van der Waals surface area contributed by atoms with Gasteiger partial charge in [0.05, 0.1) is 21.2 Å². The maximum atomic E-state index is 10.6. The van der Waals surface area contributed by atoms with Gasteiger partial charge in [-0.2, -0.15) is 5.26 Å². The molecule has 0 fully saturated rings. The van der Waals surface area contributed by atoms with E-state index in [4.69, 9.17) is 5.26 Å². The predicted molar refractivity (Wildman–Crippen MR) is 87.4 cm³/mol. The normalized spacial score (nSPS) is 11.1. The zero-order chi connectivity index (χ0) is 18.2. The van der Waals surface area contributed by atoms with Gasteiger partial charge >= 0.3 is 0 Å². The molecule has 0 aromatic heterocycles. The minimum Gasteiger partial charge on any atom is -0.276 e. The number of azo groups is 1. The van der Waals surface area contributed by atoms with Crippen LogP contribution in [-0.4, -0.2) is 15.7 Å². The predicted octanol–water partition coefficient (Wildman–Crippen LogP) is 3.54. The van der Waals surface area contributed by atoms with Crippen LogP contribution in [0.2, 0.25) is 0 Å². The van der Waals surface area contributed by atoms with E-state index in [9.17, 15) is 20.2 Å². The summed E-state index contributed by atoms with van der Waals surface area (Å²) in [5.41, 5.74) is 3.09. The molecule has 0 spiro atoms. The van der Waals surface area contributed by atoms with E-state index >= 15 is 0 Å². The number of nitriles is 1. The Labute approximate surface area is 140 Å². The fourth-order valence-corrected chi connectivity index (χ4v) is 1.59. The first-order valence-corrected chi connectivity index (χ1v) is 6.64. The lowest BCUT2D eigenvalue weighted by molar-refractivity contribution is -0.385. The van der Waals surface area contributed by atoms with Crippen molar-refractivity contribution in [2.45, 2.75) is 0 Å². The Hall–Kier alpha value is -4.20.